The third-order valence-corrected chi connectivity index (χ3v) is 4.46. The van der Waals surface area contributed by atoms with Crippen LogP contribution >= 0.6 is 27.5 Å². The van der Waals surface area contributed by atoms with E-state index in [2.05, 4.69) is 26.4 Å². The number of nitrogens with zero attached hydrogens (tertiary/aromatic N) is 1. The molecule has 1 aromatic rings. The molecule has 0 bridgehead atoms. The molecule has 0 aromatic heterocycles. The van der Waals surface area contributed by atoms with Crippen molar-refractivity contribution in [2.45, 2.75) is 19.3 Å². The van der Waals surface area contributed by atoms with Crippen LogP contribution in [0, 0.1) is 5.41 Å². The summed E-state index contributed by atoms with van der Waals surface area (Å²) in [4.78, 5) is 0. The Labute approximate surface area is 119 Å². The minimum absolute atomic E-state index is 0.135. The summed E-state index contributed by atoms with van der Waals surface area (Å²) in [6.45, 7) is 0.807. The molecule has 0 amide bonds. The highest BCUT2D eigenvalue weighted by atomic mass is 79.9. The molecule has 98 valence electrons. The van der Waals surface area contributed by atoms with E-state index in [1.807, 2.05) is 18.2 Å². The molecular formula is C12H15BrClN3O. The summed E-state index contributed by atoms with van der Waals surface area (Å²) in [6.07, 6.45) is 2.82. The van der Waals surface area contributed by atoms with E-state index in [0.717, 1.165) is 29.5 Å². The molecule has 0 atom stereocenters. The van der Waals surface area contributed by atoms with Crippen molar-refractivity contribution in [1.82, 2.24) is 0 Å². The molecule has 4 N–H and O–H groups in total. The average molecular weight is 333 g/mol. The van der Waals surface area contributed by atoms with Crippen molar-refractivity contribution in [3.8, 4) is 0 Å². The van der Waals surface area contributed by atoms with Gasteiger partial charge in [0.15, 0.2) is 0 Å². The number of oxime groups is 1. The summed E-state index contributed by atoms with van der Waals surface area (Å²) in [5.74, 6) is 0.295. The first kappa shape index (κ1) is 13.5. The molecule has 1 saturated carbocycles. The zero-order chi connectivity index (χ0) is 13.2. The van der Waals surface area contributed by atoms with Crippen LogP contribution in [0.15, 0.2) is 27.8 Å². The second kappa shape index (κ2) is 5.36. The van der Waals surface area contributed by atoms with Crippen molar-refractivity contribution in [2.24, 2.45) is 16.3 Å². The Bertz CT molecular complexity index is 474. The van der Waals surface area contributed by atoms with Crippen LogP contribution in [-0.2, 0) is 0 Å². The first-order chi connectivity index (χ1) is 8.54. The van der Waals surface area contributed by atoms with Gasteiger partial charge in [0.2, 0.25) is 0 Å². The van der Waals surface area contributed by atoms with Crippen LogP contribution in [0.1, 0.15) is 19.3 Å². The zero-order valence-electron chi connectivity index (χ0n) is 9.79. The van der Waals surface area contributed by atoms with Crippen LogP contribution in [0.4, 0.5) is 5.69 Å². The fourth-order valence-electron chi connectivity index (χ4n) is 1.91. The Morgan fingerprint density at radius 1 is 1.56 bits per heavy atom. The Kier molecular flexibility index (Phi) is 4.02. The number of benzene rings is 1. The molecule has 0 heterocycles. The molecule has 6 heteroatoms. The van der Waals surface area contributed by atoms with E-state index >= 15 is 0 Å². The van der Waals surface area contributed by atoms with E-state index in [-0.39, 0.29) is 5.41 Å². The van der Waals surface area contributed by atoms with Gasteiger partial charge >= 0.3 is 0 Å². The van der Waals surface area contributed by atoms with Crippen molar-refractivity contribution in [1.29, 1.82) is 0 Å². The first-order valence-corrected chi connectivity index (χ1v) is 6.87. The van der Waals surface area contributed by atoms with Crippen molar-refractivity contribution in [3.63, 3.8) is 0 Å². The molecule has 0 spiro atoms. The van der Waals surface area contributed by atoms with Gasteiger partial charge in [-0.15, -0.1) is 0 Å². The van der Waals surface area contributed by atoms with E-state index in [1.165, 1.54) is 0 Å². The van der Waals surface area contributed by atoms with Gasteiger partial charge in [-0.1, -0.05) is 16.8 Å². The number of amidine groups is 1. The third-order valence-electron chi connectivity index (χ3n) is 3.23. The number of nitrogens with two attached hydrogens (primary N) is 1. The first-order valence-electron chi connectivity index (χ1n) is 5.70. The van der Waals surface area contributed by atoms with Gasteiger partial charge in [-0.2, -0.15) is 0 Å². The summed E-state index contributed by atoms with van der Waals surface area (Å²) in [6, 6.07) is 5.76. The SMILES string of the molecule is N/C(CC1(CNc2ccc(Br)c(Cl)c2)CC1)=N/O. The molecule has 1 aromatic carbocycles. The van der Waals surface area contributed by atoms with Crippen molar-refractivity contribution in [2.75, 3.05) is 11.9 Å². The van der Waals surface area contributed by atoms with Crippen LogP contribution in [0.2, 0.25) is 5.02 Å². The highest BCUT2D eigenvalue weighted by Gasteiger charge is 2.43. The van der Waals surface area contributed by atoms with Gasteiger partial charge in [0.05, 0.1) is 5.02 Å². The lowest BCUT2D eigenvalue weighted by atomic mass is 10.0. The van der Waals surface area contributed by atoms with Gasteiger partial charge in [0.25, 0.3) is 0 Å². The van der Waals surface area contributed by atoms with Crippen molar-refractivity contribution < 1.29 is 5.21 Å². The molecule has 0 aliphatic heterocycles. The van der Waals surface area contributed by atoms with Gasteiger partial charge in [-0.3, -0.25) is 0 Å². The molecule has 2 rings (SSSR count). The summed E-state index contributed by atoms with van der Waals surface area (Å²) in [5.41, 5.74) is 6.67. The number of anilines is 1. The van der Waals surface area contributed by atoms with Crippen molar-refractivity contribution >= 4 is 39.1 Å². The number of hydrogen-bond donors (Lipinski definition) is 3. The minimum Gasteiger partial charge on any atom is -0.409 e. The van der Waals surface area contributed by atoms with Gasteiger partial charge < -0.3 is 16.3 Å². The van der Waals surface area contributed by atoms with Crippen LogP contribution in [-0.4, -0.2) is 17.6 Å². The third kappa shape index (κ3) is 3.29. The van der Waals surface area contributed by atoms with E-state index in [0.29, 0.717) is 17.3 Å². The molecular weight excluding hydrogens is 318 g/mol. The van der Waals surface area contributed by atoms with Crippen molar-refractivity contribution in [3.05, 3.63) is 27.7 Å². The van der Waals surface area contributed by atoms with Gasteiger partial charge in [-0.25, -0.2) is 0 Å². The molecule has 1 fully saturated rings. The molecule has 18 heavy (non-hydrogen) atoms. The molecule has 1 aliphatic carbocycles. The zero-order valence-corrected chi connectivity index (χ0v) is 12.1. The molecule has 0 radical (unpaired) electrons. The molecule has 4 nitrogen and oxygen atoms in total. The van der Waals surface area contributed by atoms with Crippen LogP contribution in [0.5, 0.6) is 0 Å². The predicted octanol–water partition coefficient (Wildman–Crippen LogP) is 3.43. The maximum Gasteiger partial charge on any atom is 0.139 e. The number of nitrogens with one attached hydrogen (secondary N) is 1. The maximum atomic E-state index is 8.60. The lowest BCUT2D eigenvalue weighted by Gasteiger charge is -2.16. The fourth-order valence-corrected chi connectivity index (χ4v) is 2.34. The minimum atomic E-state index is 0.135. The van der Waals surface area contributed by atoms with Crippen LogP contribution < -0.4 is 11.1 Å². The van der Waals surface area contributed by atoms with E-state index < -0.39 is 0 Å². The molecule has 1 aliphatic rings. The van der Waals surface area contributed by atoms with Gasteiger partial charge in [0.1, 0.15) is 5.84 Å². The normalized spacial score (nSPS) is 17.6. The summed E-state index contributed by atoms with van der Waals surface area (Å²) < 4.78 is 0.882. The Morgan fingerprint density at radius 3 is 2.83 bits per heavy atom. The second-order valence-corrected chi connectivity index (χ2v) is 6.01. The Hall–Kier alpha value is -0.940. The lowest BCUT2D eigenvalue weighted by Crippen LogP contribution is -2.23. The highest BCUT2D eigenvalue weighted by molar-refractivity contribution is 9.10. The number of rotatable bonds is 5. The van der Waals surface area contributed by atoms with Gasteiger partial charge in [-0.05, 0) is 52.4 Å². The number of hydrogen-bond acceptors (Lipinski definition) is 3. The summed E-state index contributed by atoms with van der Waals surface area (Å²) in [7, 11) is 0. The quantitative estimate of drug-likeness (QED) is 0.335. The molecule has 0 unspecified atom stereocenters. The summed E-state index contributed by atoms with van der Waals surface area (Å²) >= 11 is 9.38. The second-order valence-electron chi connectivity index (χ2n) is 4.75. The fraction of sp³-hybridized carbons (Fsp3) is 0.417. The number of halogens is 2. The Balaban J connectivity index is 1.93. The van der Waals surface area contributed by atoms with E-state index in [9.17, 15) is 0 Å². The van der Waals surface area contributed by atoms with Crippen LogP contribution in [0.3, 0.4) is 0 Å². The summed E-state index contributed by atoms with van der Waals surface area (Å²) in [5, 5.41) is 15.7. The van der Waals surface area contributed by atoms with E-state index in [4.69, 9.17) is 22.5 Å². The maximum absolute atomic E-state index is 8.60. The molecule has 0 saturated heterocycles. The smallest absolute Gasteiger partial charge is 0.139 e. The van der Waals surface area contributed by atoms with Gasteiger partial charge in [0, 0.05) is 23.1 Å². The van der Waals surface area contributed by atoms with E-state index in [1.54, 1.807) is 0 Å². The average Bonchev–Trinajstić information content (AvgIpc) is 3.11. The lowest BCUT2D eigenvalue weighted by molar-refractivity contribution is 0.315. The highest BCUT2D eigenvalue weighted by Crippen LogP contribution is 2.48. The monoisotopic (exact) mass is 331 g/mol. The standard InChI is InChI=1S/C12H15BrClN3O/c13-9-2-1-8(5-10(9)14)16-7-12(3-4-12)6-11(15)17-18/h1-2,5,16,18H,3-4,6-7H2,(H2,15,17). The Morgan fingerprint density at radius 2 is 2.28 bits per heavy atom. The topological polar surface area (TPSA) is 70.6 Å². The predicted molar refractivity (Wildman–Crippen MR) is 77.3 cm³/mol. The van der Waals surface area contributed by atoms with Crippen LogP contribution in [0.25, 0.3) is 0 Å². The largest absolute Gasteiger partial charge is 0.409 e.